The van der Waals surface area contributed by atoms with E-state index in [0.717, 1.165) is 28.0 Å². The Labute approximate surface area is 127 Å². The number of pyridine rings is 2. The Kier molecular flexibility index (Phi) is 3.92. The molecule has 0 aliphatic rings. The van der Waals surface area contributed by atoms with Crippen LogP contribution in [-0.2, 0) is 5.75 Å². The third kappa shape index (κ3) is 3.08. The number of nitrogens with zero attached hydrogens (tertiary/aromatic N) is 2. The number of aromatic nitrogens is 2. The molecule has 3 aromatic rings. The predicted molar refractivity (Wildman–Crippen MR) is 86.5 cm³/mol. The number of fused-ring (bicyclic) bond motifs is 1. The first kappa shape index (κ1) is 13.7. The quantitative estimate of drug-likeness (QED) is 0.747. The van der Waals surface area contributed by atoms with Crippen LogP contribution in [0.1, 0.15) is 5.56 Å². The molecule has 2 N–H and O–H groups in total. The number of hydrogen-bond acceptors (Lipinski definition) is 5. The first-order chi connectivity index (χ1) is 10.3. The molecule has 5 heteroatoms. The summed E-state index contributed by atoms with van der Waals surface area (Å²) in [5.41, 5.74) is 7.95. The highest BCUT2D eigenvalue weighted by molar-refractivity contribution is 7.98. The number of rotatable bonds is 4. The third-order valence-electron chi connectivity index (χ3n) is 3.18. The molecule has 0 amide bonds. The zero-order chi connectivity index (χ0) is 14.7. The van der Waals surface area contributed by atoms with Crippen LogP contribution in [0.25, 0.3) is 10.9 Å². The molecular formula is C16H15N3OS. The van der Waals surface area contributed by atoms with E-state index in [9.17, 15) is 0 Å². The molecule has 21 heavy (non-hydrogen) atoms. The summed E-state index contributed by atoms with van der Waals surface area (Å²) in [5.74, 6) is 2.13. The van der Waals surface area contributed by atoms with Gasteiger partial charge in [0.05, 0.1) is 12.6 Å². The fourth-order valence-electron chi connectivity index (χ4n) is 2.04. The second-order valence-corrected chi connectivity index (χ2v) is 5.61. The van der Waals surface area contributed by atoms with Crippen LogP contribution in [0, 0.1) is 0 Å². The van der Waals surface area contributed by atoms with Crippen LogP contribution in [0.3, 0.4) is 0 Å². The lowest BCUT2D eigenvalue weighted by Gasteiger charge is -2.08. The first-order valence-electron chi connectivity index (χ1n) is 6.52. The van der Waals surface area contributed by atoms with Gasteiger partial charge >= 0.3 is 0 Å². The van der Waals surface area contributed by atoms with E-state index in [1.54, 1.807) is 31.3 Å². The topological polar surface area (TPSA) is 61.0 Å². The number of anilines is 1. The highest BCUT2D eigenvalue weighted by Crippen LogP contribution is 2.28. The molecule has 0 aliphatic carbocycles. The molecule has 0 unspecified atom stereocenters. The van der Waals surface area contributed by atoms with Crippen LogP contribution in [0.2, 0.25) is 0 Å². The Morgan fingerprint density at radius 1 is 1.14 bits per heavy atom. The minimum absolute atomic E-state index is 0.567. The van der Waals surface area contributed by atoms with Crippen molar-refractivity contribution in [3.05, 3.63) is 54.4 Å². The molecule has 0 aliphatic heterocycles. The van der Waals surface area contributed by atoms with Gasteiger partial charge in [-0.2, -0.15) is 0 Å². The van der Waals surface area contributed by atoms with Crippen molar-refractivity contribution in [3.8, 4) is 5.75 Å². The standard InChI is InChI=1S/C16H15N3OS/c1-20-13-3-2-11-8-12(16(17)19-15(11)9-13)10-21-14-4-6-18-7-5-14/h2-9H,10H2,1H3,(H2,17,19). The lowest BCUT2D eigenvalue weighted by atomic mass is 10.1. The minimum atomic E-state index is 0.567. The number of nitrogens with two attached hydrogens (primary N) is 1. The van der Waals surface area contributed by atoms with E-state index in [1.807, 2.05) is 30.3 Å². The Morgan fingerprint density at radius 3 is 2.71 bits per heavy atom. The summed E-state index contributed by atoms with van der Waals surface area (Å²) in [5, 5.41) is 1.07. The van der Waals surface area contributed by atoms with Crippen molar-refractivity contribution in [1.82, 2.24) is 9.97 Å². The van der Waals surface area contributed by atoms with Crippen molar-refractivity contribution in [3.63, 3.8) is 0 Å². The molecule has 0 saturated heterocycles. The molecule has 3 rings (SSSR count). The maximum Gasteiger partial charge on any atom is 0.128 e. The highest BCUT2D eigenvalue weighted by atomic mass is 32.2. The molecule has 0 radical (unpaired) electrons. The number of thioether (sulfide) groups is 1. The fraction of sp³-hybridized carbons (Fsp3) is 0.125. The van der Waals surface area contributed by atoms with Crippen molar-refractivity contribution in [2.24, 2.45) is 0 Å². The maximum atomic E-state index is 6.06. The first-order valence-corrected chi connectivity index (χ1v) is 7.51. The molecule has 2 aromatic heterocycles. The summed E-state index contributed by atoms with van der Waals surface area (Å²) in [6.07, 6.45) is 3.58. The van der Waals surface area contributed by atoms with E-state index in [2.05, 4.69) is 16.0 Å². The van der Waals surface area contributed by atoms with Crippen molar-refractivity contribution in [2.75, 3.05) is 12.8 Å². The van der Waals surface area contributed by atoms with Crippen LogP contribution in [0.5, 0.6) is 5.75 Å². The van der Waals surface area contributed by atoms with Gasteiger partial charge in [-0.1, -0.05) is 0 Å². The van der Waals surface area contributed by atoms with Gasteiger partial charge in [-0.3, -0.25) is 4.98 Å². The Bertz CT molecular complexity index is 762. The van der Waals surface area contributed by atoms with E-state index in [-0.39, 0.29) is 0 Å². The van der Waals surface area contributed by atoms with E-state index in [4.69, 9.17) is 10.5 Å². The van der Waals surface area contributed by atoms with E-state index < -0.39 is 0 Å². The second kappa shape index (κ2) is 6.01. The summed E-state index contributed by atoms with van der Waals surface area (Å²) >= 11 is 1.72. The lowest BCUT2D eigenvalue weighted by Crippen LogP contribution is -1.97. The molecule has 2 heterocycles. The van der Waals surface area contributed by atoms with Gasteiger partial charge in [0.2, 0.25) is 0 Å². The average molecular weight is 297 g/mol. The normalized spacial score (nSPS) is 10.7. The molecular weight excluding hydrogens is 282 g/mol. The van der Waals surface area contributed by atoms with Crippen LogP contribution in [0.4, 0.5) is 5.82 Å². The van der Waals surface area contributed by atoms with Crippen molar-refractivity contribution in [1.29, 1.82) is 0 Å². The minimum Gasteiger partial charge on any atom is -0.497 e. The Balaban J connectivity index is 1.87. The van der Waals surface area contributed by atoms with Gasteiger partial charge in [0.15, 0.2) is 0 Å². The van der Waals surface area contributed by atoms with Crippen molar-refractivity contribution in [2.45, 2.75) is 10.6 Å². The average Bonchev–Trinajstić information content (AvgIpc) is 2.53. The molecule has 0 atom stereocenters. The number of nitrogen functional groups attached to an aromatic ring is 1. The summed E-state index contributed by atoms with van der Waals surface area (Å²) in [7, 11) is 1.64. The molecule has 4 nitrogen and oxygen atoms in total. The Morgan fingerprint density at radius 2 is 1.95 bits per heavy atom. The summed E-state index contributed by atoms with van der Waals surface area (Å²) in [6.45, 7) is 0. The molecule has 0 spiro atoms. The van der Waals surface area contributed by atoms with Gasteiger partial charge in [0, 0.05) is 40.1 Å². The van der Waals surface area contributed by atoms with Crippen LogP contribution in [0.15, 0.2) is 53.7 Å². The maximum absolute atomic E-state index is 6.06. The zero-order valence-electron chi connectivity index (χ0n) is 11.6. The summed E-state index contributed by atoms with van der Waals surface area (Å²) < 4.78 is 5.21. The number of hydrogen-bond donors (Lipinski definition) is 1. The number of methoxy groups -OCH3 is 1. The number of benzene rings is 1. The smallest absolute Gasteiger partial charge is 0.128 e. The van der Waals surface area contributed by atoms with E-state index in [1.165, 1.54) is 4.90 Å². The lowest BCUT2D eigenvalue weighted by molar-refractivity contribution is 0.415. The van der Waals surface area contributed by atoms with Crippen LogP contribution >= 0.6 is 11.8 Å². The molecule has 0 bridgehead atoms. The highest BCUT2D eigenvalue weighted by Gasteiger charge is 2.06. The van der Waals surface area contributed by atoms with Gasteiger partial charge in [0.1, 0.15) is 11.6 Å². The SMILES string of the molecule is COc1ccc2cc(CSc3ccncc3)c(N)nc2c1. The largest absolute Gasteiger partial charge is 0.497 e. The number of ether oxygens (including phenoxy) is 1. The molecule has 0 fully saturated rings. The Hall–Kier alpha value is -2.27. The zero-order valence-corrected chi connectivity index (χ0v) is 12.4. The van der Waals surface area contributed by atoms with Crippen molar-refractivity contribution >= 4 is 28.5 Å². The predicted octanol–water partition coefficient (Wildman–Crippen LogP) is 3.51. The van der Waals surface area contributed by atoms with E-state index >= 15 is 0 Å². The molecule has 1 aromatic carbocycles. The fourth-order valence-corrected chi connectivity index (χ4v) is 2.91. The van der Waals surface area contributed by atoms with E-state index in [0.29, 0.717) is 5.82 Å². The summed E-state index contributed by atoms with van der Waals surface area (Å²) in [4.78, 5) is 9.65. The third-order valence-corrected chi connectivity index (χ3v) is 4.24. The monoisotopic (exact) mass is 297 g/mol. The van der Waals surface area contributed by atoms with Gasteiger partial charge in [-0.05, 0) is 30.3 Å². The van der Waals surface area contributed by atoms with Gasteiger partial charge < -0.3 is 10.5 Å². The second-order valence-electron chi connectivity index (χ2n) is 4.56. The van der Waals surface area contributed by atoms with Crippen LogP contribution in [-0.4, -0.2) is 17.1 Å². The summed E-state index contributed by atoms with van der Waals surface area (Å²) in [6, 6.07) is 11.9. The molecule has 0 saturated carbocycles. The van der Waals surface area contributed by atoms with Crippen molar-refractivity contribution < 1.29 is 4.74 Å². The van der Waals surface area contributed by atoms with Gasteiger partial charge in [-0.25, -0.2) is 4.98 Å². The van der Waals surface area contributed by atoms with Crippen LogP contribution < -0.4 is 10.5 Å². The van der Waals surface area contributed by atoms with Gasteiger partial charge in [-0.15, -0.1) is 11.8 Å². The van der Waals surface area contributed by atoms with Gasteiger partial charge in [0.25, 0.3) is 0 Å². The molecule has 106 valence electrons.